The Morgan fingerprint density at radius 2 is 1.75 bits per heavy atom. The molecule has 0 bridgehead atoms. The van der Waals surface area contributed by atoms with Crippen LogP contribution in [0.15, 0.2) is 41.6 Å². The SMILES string of the molecule is COc1cc(C)c(S(=O)(=O)Nc2ccncc2)cc1C. The summed E-state index contributed by atoms with van der Waals surface area (Å²) in [6.45, 7) is 3.55. The van der Waals surface area contributed by atoms with E-state index in [1.807, 2.05) is 6.92 Å². The fourth-order valence-electron chi connectivity index (χ4n) is 1.90. The summed E-state index contributed by atoms with van der Waals surface area (Å²) in [5.74, 6) is 0.672. The summed E-state index contributed by atoms with van der Waals surface area (Å²) in [5, 5.41) is 0. The summed E-state index contributed by atoms with van der Waals surface area (Å²) in [7, 11) is -2.06. The number of sulfonamides is 1. The zero-order valence-electron chi connectivity index (χ0n) is 11.5. The van der Waals surface area contributed by atoms with Crippen molar-refractivity contribution in [1.29, 1.82) is 0 Å². The second kappa shape index (κ2) is 5.50. The number of rotatable bonds is 4. The Bertz CT molecular complexity index is 713. The maximum atomic E-state index is 12.4. The van der Waals surface area contributed by atoms with Crippen LogP contribution in [-0.4, -0.2) is 20.5 Å². The van der Waals surface area contributed by atoms with Crippen molar-refractivity contribution in [3.05, 3.63) is 47.8 Å². The first-order valence-corrected chi connectivity index (χ1v) is 7.50. The van der Waals surface area contributed by atoms with Gasteiger partial charge in [0.15, 0.2) is 0 Å². The molecule has 2 rings (SSSR count). The summed E-state index contributed by atoms with van der Waals surface area (Å²) in [5.41, 5.74) is 1.88. The standard InChI is InChI=1S/C14H16N2O3S/c1-10-9-14(11(2)8-13(10)19-3)20(17,18)16-12-4-6-15-7-5-12/h4-9H,1-3H3,(H,15,16). The Kier molecular flexibility index (Phi) is 3.94. The van der Waals surface area contributed by atoms with Gasteiger partial charge in [-0.3, -0.25) is 9.71 Å². The van der Waals surface area contributed by atoms with Crippen molar-refractivity contribution in [2.75, 3.05) is 11.8 Å². The monoisotopic (exact) mass is 292 g/mol. The number of hydrogen-bond acceptors (Lipinski definition) is 4. The van der Waals surface area contributed by atoms with Gasteiger partial charge in [0.25, 0.3) is 10.0 Å². The van der Waals surface area contributed by atoms with Gasteiger partial charge >= 0.3 is 0 Å². The maximum Gasteiger partial charge on any atom is 0.262 e. The van der Waals surface area contributed by atoms with Crippen molar-refractivity contribution < 1.29 is 13.2 Å². The van der Waals surface area contributed by atoms with Crippen LogP contribution in [0.25, 0.3) is 0 Å². The van der Waals surface area contributed by atoms with Gasteiger partial charge in [0.2, 0.25) is 0 Å². The molecule has 0 aliphatic carbocycles. The van der Waals surface area contributed by atoms with Crippen molar-refractivity contribution >= 4 is 15.7 Å². The van der Waals surface area contributed by atoms with Gasteiger partial charge in [-0.1, -0.05) is 0 Å². The van der Waals surface area contributed by atoms with E-state index in [2.05, 4.69) is 9.71 Å². The Morgan fingerprint density at radius 1 is 1.10 bits per heavy atom. The molecule has 0 amide bonds. The van der Waals surface area contributed by atoms with E-state index in [4.69, 9.17) is 4.74 Å². The average Bonchev–Trinajstić information content (AvgIpc) is 2.41. The zero-order valence-corrected chi connectivity index (χ0v) is 12.4. The van der Waals surface area contributed by atoms with Crippen LogP contribution in [0.5, 0.6) is 5.75 Å². The van der Waals surface area contributed by atoms with Gasteiger partial charge in [0, 0.05) is 12.4 Å². The van der Waals surface area contributed by atoms with Crippen LogP contribution in [-0.2, 0) is 10.0 Å². The minimum Gasteiger partial charge on any atom is -0.496 e. The van der Waals surface area contributed by atoms with E-state index >= 15 is 0 Å². The summed E-state index contributed by atoms with van der Waals surface area (Å²) in [4.78, 5) is 4.09. The van der Waals surface area contributed by atoms with Gasteiger partial charge in [-0.2, -0.15) is 0 Å². The number of aryl methyl sites for hydroxylation is 2. The number of ether oxygens (including phenoxy) is 1. The minimum atomic E-state index is -3.62. The van der Waals surface area contributed by atoms with Crippen LogP contribution in [0.1, 0.15) is 11.1 Å². The number of benzene rings is 1. The molecule has 0 unspecified atom stereocenters. The molecule has 1 heterocycles. The Morgan fingerprint density at radius 3 is 2.35 bits per heavy atom. The molecule has 0 aliphatic heterocycles. The molecular formula is C14H16N2O3S. The smallest absolute Gasteiger partial charge is 0.262 e. The molecule has 1 aromatic heterocycles. The molecule has 0 aliphatic rings. The highest BCUT2D eigenvalue weighted by Crippen LogP contribution is 2.26. The number of pyridine rings is 1. The van der Waals surface area contributed by atoms with E-state index in [0.29, 0.717) is 17.0 Å². The van der Waals surface area contributed by atoms with Crippen molar-refractivity contribution in [3.8, 4) is 5.75 Å². The lowest BCUT2D eigenvalue weighted by Gasteiger charge is -2.13. The highest BCUT2D eigenvalue weighted by atomic mass is 32.2. The number of hydrogen-bond donors (Lipinski definition) is 1. The van der Waals surface area contributed by atoms with Gasteiger partial charge in [0.05, 0.1) is 17.7 Å². The molecule has 0 radical (unpaired) electrons. The van der Waals surface area contributed by atoms with Crippen LogP contribution in [0, 0.1) is 13.8 Å². The topological polar surface area (TPSA) is 68.3 Å². The Labute approximate surface area is 118 Å². The molecule has 2 aromatic rings. The van der Waals surface area contributed by atoms with Crippen LogP contribution < -0.4 is 9.46 Å². The van der Waals surface area contributed by atoms with E-state index in [1.165, 1.54) is 12.4 Å². The largest absolute Gasteiger partial charge is 0.496 e. The number of nitrogens with zero attached hydrogens (tertiary/aromatic N) is 1. The highest BCUT2D eigenvalue weighted by molar-refractivity contribution is 7.92. The van der Waals surface area contributed by atoms with E-state index in [-0.39, 0.29) is 4.90 Å². The second-order valence-corrected chi connectivity index (χ2v) is 6.08. The number of anilines is 1. The first-order chi connectivity index (χ1) is 9.44. The predicted molar refractivity (Wildman–Crippen MR) is 77.5 cm³/mol. The quantitative estimate of drug-likeness (QED) is 0.940. The third-order valence-electron chi connectivity index (χ3n) is 2.91. The van der Waals surface area contributed by atoms with Crippen molar-refractivity contribution in [2.45, 2.75) is 18.7 Å². The number of methoxy groups -OCH3 is 1. The molecule has 0 atom stereocenters. The molecule has 106 valence electrons. The Hall–Kier alpha value is -2.08. The van der Waals surface area contributed by atoms with E-state index < -0.39 is 10.0 Å². The summed E-state index contributed by atoms with van der Waals surface area (Å²) in [6, 6.07) is 6.53. The van der Waals surface area contributed by atoms with Crippen LogP contribution in [0.2, 0.25) is 0 Å². The van der Waals surface area contributed by atoms with Gasteiger partial charge in [-0.25, -0.2) is 8.42 Å². The first kappa shape index (κ1) is 14.3. The summed E-state index contributed by atoms with van der Waals surface area (Å²) >= 11 is 0. The van der Waals surface area contributed by atoms with Crippen molar-refractivity contribution in [1.82, 2.24) is 4.98 Å². The molecule has 0 saturated heterocycles. The van der Waals surface area contributed by atoms with Crippen LogP contribution in [0.4, 0.5) is 5.69 Å². The molecule has 1 aromatic carbocycles. The molecule has 0 spiro atoms. The molecule has 20 heavy (non-hydrogen) atoms. The lowest BCUT2D eigenvalue weighted by atomic mass is 10.1. The number of aromatic nitrogens is 1. The lowest BCUT2D eigenvalue weighted by molar-refractivity contribution is 0.411. The third kappa shape index (κ3) is 2.91. The van der Waals surface area contributed by atoms with Crippen molar-refractivity contribution in [3.63, 3.8) is 0 Å². The number of nitrogens with one attached hydrogen (secondary N) is 1. The van der Waals surface area contributed by atoms with Gasteiger partial charge < -0.3 is 4.74 Å². The molecule has 0 fully saturated rings. The van der Waals surface area contributed by atoms with Crippen LogP contribution in [0.3, 0.4) is 0 Å². The van der Waals surface area contributed by atoms with Crippen molar-refractivity contribution in [2.24, 2.45) is 0 Å². The maximum absolute atomic E-state index is 12.4. The predicted octanol–water partition coefficient (Wildman–Crippen LogP) is 2.51. The summed E-state index contributed by atoms with van der Waals surface area (Å²) < 4.78 is 32.5. The van der Waals surface area contributed by atoms with E-state index in [9.17, 15) is 8.42 Å². The van der Waals surface area contributed by atoms with E-state index in [0.717, 1.165) is 5.56 Å². The molecular weight excluding hydrogens is 276 g/mol. The fraction of sp³-hybridized carbons (Fsp3) is 0.214. The molecule has 5 nitrogen and oxygen atoms in total. The zero-order chi connectivity index (χ0) is 14.8. The fourth-order valence-corrected chi connectivity index (χ4v) is 3.27. The first-order valence-electron chi connectivity index (χ1n) is 6.02. The van der Waals surface area contributed by atoms with Crippen LogP contribution >= 0.6 is 0 Å². The average molecular weight is 292 g/mol. The second-order valence-electron chi connectivity index (χ2n) is 4.43. The Balaban J connectivity index is 2.42. The minimum absolute atomic E-state index is 0.243. The van der Waals surface area contributed by atoms with Gasteiger partial charge in [0.1, 0.15) is 5.75 Å². The molecule has 6 heteroatoms. The van der Waals surface area contributed by atoms with E-state index in [1.54, 1.807) is 38.3 Å². The normalized spacial score (nSPS) is 11.2. The van der Waals surface area contributed by atoms with Gasteiger partial charge in [-0.05, 0) is 49.2 Å². The molecule has 0 saturated carbocycles. The summed E-state index contributed by atoms with van der Waals surface area (Å²) in [6.07, 6.45) is 3.06. The molecule has 1 N–H and O–H groups in total. The third-order valence-corrected chi connectivity index (χ3v) is 4.44. The lowest BCUT2D eigenvalue weighted by Crippen LogP contribution is -2.14. The van der Waals surface area contributed by atoms with Gasteiger partial charge in [-0.15, -0.1) is 0 Å². The highest BCUT2D eigenvalue weighted by Gasteiger charge is 2.18.